The van der Waals surface area contributed by atoms with Crippen molar-refractivity contribution in [2.24, 2.45) is 0 Å². The third kappa shape index (κ3) is 4.15. The molecule has 1 aromatic carbocycles. The summed E-state index contributed by atoms with van der Waals surface area (Å²) in [7, 11) is 0. The van der Waals surface area contributed by atoms with Crippen molar-refractivity contribution in [2.75, 3.05) is 0 Å². The molecule has 0 aliphatic heterocycles. The predicted octanol–water partition coefficient (Wildman–Crippen LogP) is 3.83. The lowest BCUT2D eigenvalue weighted by Gasteiger charge is -2.00. The highest BCUT2D eigenvalue weighted by Gasteiger charge is 1.94. The molecule has 0 atom stereocenters. The van der Waals surface area contributed by atoms with E-state index < -0.39 is 0 Å². The summed E-state index contributed by atoms with van der Waals surface area (Å²) in [4.78, 5) is 4.31. The van der Waals surface area contributed by atoms with Gasteiger partial charge in [-0.15, -0.1) is 17.0 Å². The predicted molar refractivity (Wildman–Crippen MR) is 73.0 cm³/mol. The number of hydrogen-bond donors (Lipinski definition) is 0. The summed E-state index contributed by atoms with van der Waals surface area (Å²) in [5.74, 6) is 0. The van der Waals surface area contributed by atoms with E-state index in [1.54, 1.807) is 0 Å². The molecule has 0 aliphatic carbocycles. The van der Waals surface area contributed by atoms with Crippen molar-refractivity contribution in [3.63, 3.8) is 0 Å². The Morgan fingerprint density at radius 2 is 1.56 bits per heavy atom. The molecule has 0 amide bonds. The fourth-order valence-corrected chi connectivity index (χ4v) is 1.66. The minimum absolute atomic E-state index is 0. The maximum Gasteiger partial charge on any atom is 0.0403 e. The van der Waals surface area contributed by atoms with Gasteiger partial charge in [0.2, 0.25) is 0 Å². The van der Waals surface area contributed by atoms with Crippen molar-refractivity contribution in [1.29, 1.82) is 0 Å². The largest absolute Gasteiger partial charge is 0.261 e. The van der Waals surface area contributed by atoms with Crippen LogP contribution in [-0.4, -0.2) is 4.98 Å². The third-order valence-electron chi connectivity index (χ3n) is 2.47. The van der Waals surface area contributed by atoms with E-state index in [1.165, 1.54) is 17.7 Å². The van der Waals surface area contributed by atoms with Gasteiger partial charge in [-0.1, -0.05) is 36.4 Å². The van der Waals surface area contributed by atoms with Crippen LogP contribution in [-0.2, 0) is 12.8 Å². The molecule has 0 fully saturated rings. The Morgan fingerprint density at radius 1 is 0.812 bits per heavy atom. The average Bonchev–Trinajstić information content (AvgIpc) is 2.32. The summed E-state index contributed by atoms with van der Waals surface area (Å²) in [6, 6.07) is 16.7. The first-order valence-corrected chi connectivity index (χ1v) is 5.39. The summed E-state index contributed by atoms with van der Waals surface area (Å²) in [6.45, 7) is 0. The Kier molecular flexibility index (Phi) is 5.79. The smallest absolute Gasteiger partial charge is 0.0403 e. The molecule has 0 radical (unpaired) electrons. The molecule has 0 spiro atoms. The van der Waals surface area contributed by atoms with Gasteiger partial charge in [0.15, 0.2) is 0 Å². The molecule has 0 saturated heterocycles. The molecular weight excluding hydrogens is 262 g/mol. The van der Waals surface area contributed by atoms with Crippen molar-refractivity contribution >= 4 is 17.0 Å². The summed E-state index contributed by atoms with van der Waals surface area (Å²) >= 11 is 0. The normalized spacial score (nSPS) is 9.50. The van der Waals surface area contributed by atoms with Gasteiger partial charge in [-0.05, 0) is 37.0 Å². The molecule has 0 unspecified atom stereocenters. The second-order valence-corrected chi connectivity index (χ2v) is 3.66. The number of pyridine rings is 1. The Morgan fingerprint density at radius 3 is 2.25 bits per heavy atom. The number of benzene rings is 1. The van der Waals surface area contributed by atoms with E-state index in [9.17, 15) is 0 Å². The molecule has 1 nitrogen and oxygen atoms in total. The highest BCUT2D eigenvalue weighted by molar-refractivity contribution is 8.93. The second kappa shape index (κ2) is 7.18. The standard InChI is InChI=1S/C14H15N.BrH/c1-2-7-13(8-3-1)9-6-11-14-10-4-5-12-15-14;/h1-5,7-8,10,12H,6,9,11H2;1H. The zero-order valence-corrected chi connectivity index (χ0v) is 10.9. The van der Waals surface area contributed by atoms with Crippen LogP contribution in [0.2, 0.25) is 0 Å². The molecule has 1 heterocycles. The van der Waals surface area contributed by atoms with E-state index in [0.29, 0.717) is 0 Å². The van der Waals surface area contributed by atoms with E-state index in [2.05, 4.69) is 41.4 Å². The van der Waals surface area contributed by atoms with Crippen molar-refractivity contribution in [2.45, 2.75) is 19.3 Å². The van der Waals surface area contributed by atoms with Gasteiger partial charge in [0.25, 0.3) is 0 Å². The number of hydrogen-bond acceptors (Lipinski definition) is 1. The molecular formula is C14H16BrN. The molecule has 0 aliphatic rings. The lowest BCUT2D eigenvalue weighted by atomic mass is 10.1. The molecule has 2 rings (SSSR count). The Bertz CT molecular complexity index is 346. The summed E-state index contributed by atoms with van der Waals surface area (Å²) in [6.07, 6.45) is 5.23. The molecule has 0 bridgehead atoms. The quantitative estimate of drug-likeness (QED) is 0.828. The van der Waals surface area contributed by atoms with E-state index in [-0.39, 0.29) is 17.0 Å². The van der Waals surface area contributed by atoms with Crippen LogP contribution in [0.3, 0.4) is 0 Å². The highest BCUT2D eigenvalue weighted by Crippen LogP contribution is 2.05. The van der Waals surface area contributed by atoms with Crippen LogP contribution in [0.4, 0.5) is 0 Å². The minimum atomic E-state index is 0. The maximum absolute atomic E-state index is 4.31. The Balaban J connectivity index is 0.00000128. The fraction of sp³-hybridized carbons (Fsp3) is 0.214. The lowest BCUT2D eigenvalue weighted by Crippen LogP contribution is -1.91. The van der Waals surface area contributed by atoms with Crippen LogP contribution < -0.4 is 0 Å². The van der Waals surface area contributed by atoms with Gasteiger partial charge in [-0.2, -0.15) is 0 Å². The summed E-state index contributed by atoms with van der Waals surface area (Å²) in [5.41, 5.74) is 2.60. The van der Waals surface area contributed by atoms with Crippen molar-refractivity contribution in [1.82, 2.24) is 4.98 Å². The summed E-state index contributed by atoms with van der Waals surface area (Å²) < 4.78 is 0. The Hall–Kier alpha value is -1.15. The first kappa shape index (κ1) is 12.9. The third-order valence-corrected chi connectivity index (χ3v) is 2.47. The molecule has 0 saturated carbocycles. The van der Waals surface area contributed by atoms with Crippen LogP contribution in [0.15, 0.2) is 54.7 Å². The fourth-order valence-electron chi connectivity index (χ4n) is 1.66. The number of nitrogens with zero attached hydrogens (tertiary/aromatic N) is 1. The van der Waals surface area contributed by atoms with Crippen LogP contribution >= 0.6 is 17.0 Å². The number of aromatic nitrogens is 1. The van der Waals surface area contributed by atoms with Crippen LogP contribution in [0, 0.1) is 0 Å². The highest BCUT2D eigenvalue weighted by atomic mass is 79.9. The number of halogens is 1. The van der Waals surface area contributed by atoms with Crippen LogP contribution in [0.25, 0.3) is 0 Å². The first-order chi connectivity index (χ1) is 7.45. The molecule has 16 heavy (non-hydrogen) atoms. The maximum atomic E-state index is 4.31. The van der Waals surface area contributed by atoms with E-state index in [0.717, 1.165) is 12.8 Å². The molecule has 2 aromatic rings. The van der Waals surface area contributed by atoms with Crippen LogP contribution in [0.5, 0.6) is 0 Å². The van der Waals surface area contributed by atoms with Gasteiger partial charge in [-0.3, -0.25) is 4.98 Å². The zero-order valence-electron chi connectivity index (χ0n) is 9.17. The van der Waals surface area contributed by atoms with Crippen LogP contribution in [0.1, 0.15) is 17.7 Å². The number of rotatable bonds is 4. The minimum Gasteiger partial charge on any atom is -0.261 e. The molecule has 1 aromatic heterocycles. The van der Waals surface area contributed by atoms with Gasteiger partial charge >= 0.3 is 0 Å². The Labute approximate surface area is 107 Å². The van der Waals surface area contributed by atoms with E-state index >= 15 is 0 Å². The van der Waals surface area contributed by atoms with Gasteiger partial charge < -0.3 is 0 Å². The lowest BCUT2D eigenvalue weighted by molar-refractivity contribution is 0.799. The SMILES string of the molecule is Br.c1ccc(CCCc2ccccn2)cc1. The first-order valence-electron chi connectivity index (χ1n) is 5.39. The number of aryl methyl sites for hydroxylation is 2. The zero-order chi connectivity index (χ0) is 10.3. The summed E-state index contributed by atoms with van der Waals surface area (Å²) in [5, 5.41) is 0. The van der Waals surface area contributed by atoms with Gasteiger partial charge in [0.1, 0.15) is 0 Å². The molecule has 84 valence electrons. The second-order valence-electron chi connectivity index (χ2n) is 3.66. The monoisotopic (exact) mass is 277 g/mol. The van der Waals surface area contributed by atoms with Crippen molar-refractivity contribution in [3.8, 4) is 0 Å². The van der Waals surface area contributed by atoms with E-state index in [4.69, 9.17) is 0 Å². The van der Waals surface area contributed by atoms with Crippen molar-refractivity contribution in [3.05, 3.63) is 66.0 Å². The van der Waals surface area contributed by atoms with Gasteiger partial charge in [-0.25, -0.2) is 0 Å². The molecule has 0 N–H and O–H groups in total. The van der Waals surface area contributed by atoms with E-state index in [1.807, 2.05) is 18.3 Å². The molecule has 2 heteroatoms. The van der Waals surface area contributed by atoms with Gasteiger partial charge in [0, 0.05) is 11.9 Å². The average molecular weight is 278 g/mol. The van der Waals surface area contributed by atoms with Gasteiger partial charge in [0.05, 0.1) is 0 Å². The topological polar surface area (TPSA) is 12.9 Å². The van der Waals surface area contributed by atoms with Crippen molar-refractivity contribution < 1.29 is 0 Å².